The Morgan fingerprint density at radius 3 is 2.49 bits per heavy atom. The fourth-order valence-corrected chi connectivity index (χ4v) is 7.53. The first-order valence-electron chi connectivity index (χ1n) is 15.9. The van der Waals surface area contributed by atoms with Gasteiger partial charge in [-0.3, -0.25) is 23.9 Å². The van der Waals surface area contributed by atoms with E-state index in [-0.39, 0.29) is 17.7 Å². The number of carbonyl (C=O) groups excluding carboxylic acids is 3. The van der Waals surface area contributed by atoms with Crippen LogP contribution in [0.2, 0.25) is 0 Å². The fraction of sp³-hybridized carbons (Fsp3) is 0.500. The lowest BCUT2D eigenvalue weighted by Gasteiger charge is -2.32. The van der Waals surface area contributed by atoms with E-state index in [0.717, 1.165) is 32.1 Å². The molecule has 16 nitrogen and oxygen atoms in total. The minimum absolute atomic E-state index is 0.181. The van der Waals surface area contributed by atoms with Crippen LogP contribution in [-0.4, -0.2) is 82.3 Å². The van der Waals surface area contributed by atoms with Crippen molar-refractivity contribution in [2.75, 3.05) is 19.4 Å². The zero-order valence-electron chi connectivity index (χ0n) is 27.7. The summed E-state index contributed by atoms with van der Waals surface area (Å²) < 4.78 is 51.6. The summed E-state index contributed by atoms with van der Waals surface area (Å²) >= 11 is 0. The summed E-state index contributed by atoms with van der Waals surface area (Å²) in [6.07, 6.45) is 3.06. The van der Waals surface area contributed by atoms with Gasteiger partial charge in [0.05, 0.1) is 12.3 Å². The Morgan fingerprint density at radius 1 is 1.10 bits per heavy atom. The molecule has 1 saturated heterocycles. The van der Waals surface area contributed by atoms with Gasteiger partial charge in [0.25, 0.3) is 0 Å². The first kappa shape index (κ1) is 35.9. The van der Waals surface area contributed by atoms with Gasteiger partial charge in [-0.25, -0.2) is 14.1 Å². The normalized spacial score (nSPS) is 24.7. The van der Waals surface area contributed by atoms with Crippen molar-refractivity contribution in [2.24, 2.45) is 4.99 Å². The monoisotopic (exact) mass is 700 g/mol. The van der Waals surface area contributed by atoms with Crippen molar-refractivity contribution in [2.45, 2.75) is 88.9 Å². The van der Waals surface area contributed by atoms with Crippen LogP contribution in [0.1, 0.15) is 64.7 Å². The number of nitrogens with zero attached hydrogens (tertiary/aromatic N) is 4. The van der Waals surface area contributed by atoms with Crippen LogP contribution in [0.3, 0.4) is 0 Å². The Morgan fingerprint density at radius 2 is 1.82 bits per heavy atom. The lowest BCUT2D eigenvalue weighted by Crippen LogP contribution is -2.51. The number of nitrogens with one attached hydrogen (secondary N) is 1. The number of aromatic nitrogens is 3. The molecule has 49 heavy (non-hydrogen) atoms. The summed E-state index contributed by atoms with van der Waals surface area (Å²) in [5.74, 6) is -1.68. The van der Waals surface area contributed by atoms with Crippen molar-refractivity contribution in [3.05, 3.63) is 54.5 Å². The van der Waals surface area contributed by atoms with Gasteiger partial charge in [-0.2, -0.15) is 10.2 Å². The second-order valence-corrected chi connectivity index (χ2v) is 13.6. The zero-order valence-corrected chi connectivity index (χ0v) is 28.6. The Hall–Kier alpha value is -4.37. The van der Waals surface area contributed by atoms with Gasteiger partial charge in [-0.05, 0) is 56.9 Å². The third kappa shape index (κ3) is 8.44. The molecule has 264 valence electrons. The maximum atomic E-state index is 14.5. The number of para-hydroxylation sites is 1. The smallest absolute Gasteiger partial charge is 0.459 e. The number of esters is 3. The molecule has 1 aliphatic heterocycles. The van der Waals surface area contributed by atoms with Crippen LogP contribution in [0.5, 0.6) is 5.75 Å². The van der Waals surface area contributed by atoms with Gasteiger partial charge in [-0.1, -0.05) is 24.6 Å². The maximum absolute atomic E-state index is 14.5. The quantitative estimate of drug-likeness (QED) is 0.113. The summed E-state index contributed by atoms with van der Waals surface area (Å²) in [4.78, 5) is 46.2. The molecule has 2 aromatic heterocycles. The molecule has 3 N–H and O–H groups in total. The van der Waals surface area contributed by atoms with Gasteiger partial charge < -0.3 is 29.2 Å². The molecule has 1 aliphatic carbocycles. The standard InChI is InChI=1S/C32H41N6O10P/c1-20(31(41)46-23-11-7-5-8-12-23)37-49(42,48-24-13-9-6-10-14-24)43-18-32(17-34-4)29(45-22(3)40)28(44-21(2)39)27(47-32)25-15-16-26-30(33)35-19-36-38(25)26/h6,9-10,13-17,19-20,23,27-29H,5,7-8,11-12,18H2,1-4H3,(H,37,42)(H2,33,35,36)/b34-17-/t20-,27-,28-,29-,32+,49-/m0/s1. The number of rotatable bonds is 13. The van der Waals surface area contributed by atoms with E-state index in [0.29, 0.717) is 11.2 Å². The van der Waals surface area contributed by atoms with Crippen molar-refractivity contribution in [3.63, 3.8) is 0 Å². The van der Waals surface area contributed by atoms with E-state index in [9.17, 15) is 18.9 Å². The molecule has 2 fully saturated rings. The highest BCUT2D eigenvalue weighted by molar-refractivity contribution is 7.52. The van der Waals surface area contributed by atoms with E-state index in [1.807, 2.05) is 0 Å². The predicted molar refractivity (Wildman–Crippen MR) is 176 cm³/mol. The van der Waals surface area contributed by atoms with Gasteiger partial charge in [0.15, 0.2) is 23.6 Å². The third-order valence-corrected chi connectivity index (χ3v) is 9.76. The van der Waals surface area contributed by atoms with Gasteiger partial charge in [0.1, 0.15) is 35.8 Å². The first-order valence-corrected chi connectivity index (χ1v) is 17.5. The number of hydrogen-bond donors (Lipinski definition) is 2. The minimum Gasteiger partial charge on any atom is -0.461 e. The molecule has 5 rings (SSSR count). The largest absolute Gasteiger partial charge is 0.461 e. The molecule has 3 aromatic rings. The van der Waals surface area contributed by atoms with Crippen LogP contribution in [0.25, 0.3) is 5.52 Å². The van der Waals surface area contributed by atoms with Crippen LogP contribution >= 0.6 is 7.75 Å². The Balaban J connectivity index is 1.49. The minimum atomic E-state index is -4.44. The van der Waals surface area contributed by atoms with E-state index < -0.39 is 62.2 Å². The van der Waals surface area contributed by atoms with Crippen molar-refractivity contribution in [1.29, 1.82) is 0 Å². The third-order valence-electron chi connectivity index (χ3n) is 8.14. The van der Waals surface area contributed by atoms with Crippen LogP contribution < -0.4 is 15.3 Å². The Kier molecular flexibility index (Phi) is 11.3. The summed E-state index contributed by atoms with van der Waals surface area (Å²) in [6.45, 7) is 3.25. The average Bonchev–Trinajstić information content (AvgIpc) is 3.61. The van der Waals surface area contributed by atoms with Crippen LogP contribution in [0.4, 0.5) is 5.82 Å². The predicted octanol–water partition coefficient (Wildman–Crippen LogP) is 3.74. The van der Waals surface area contributed by atoms with Crippen molar-refractivity contribution >= 4 is 43.2 Å². The second kappa shape index (κ2) is 15.5. The van der Waals surface area contributed by atoms with Gasteiger partial charge in [0.2, 0.25) is 0 Å². The molecule has 0 radical (unpaired) electrons. The van der Waals surface area contributed by atoms with E-state index in [1.165, 1.54) is 44.9 Å². The van der Waals surface area contributed by atoms with Crippen LogP contribution in [-0.2, 0) is 42.4 Å². The van der Waals surface area contributed by atoms with Crippen LogP contribution in [0.15, 0.2) is 53.8 Å². The number of carbonyl (C=O) groups is 3. The number of nitrogens with two attached hydrogens (primary N) is 1. The molecule has 0 bridgehead atoms. The zero-order chi connectivity index (χ0) is 35.2. The van der Waals surface area contributed by atoms with Gasteiger partial charge >= 0.3 is 25.7 Å². The number of hydrogen-bond acceptors (Lipinski definition) is 14. The fourth-order valence-electron chi connectivity index (χ4n) is 6.00. The van der Waals surface area contributed by atoms with E-state index in [2.05, 4.69) is 20.2 Å². The van der Waals surface area contributed by atoms with E-state index in [4.69, 9.17) is 33.7 Å². The maximum Gasteiger partial charge on any atom is 0.459 e. The number of fused-ring (bicyclic) bond motifs is 1. The van der Waals surface area contributed by atoms with E-state index in [1.54, 1.807) is 42.5 Å². The lowest BCUT2D eigenvalue weighted by atomic mass is 9.95. The number of aliphatic imine (C=N–C) groups is 1. The SMILES string of the molecule is C/N=C\[C@]1(CO[P@@](=O)(N[C@@H](C)C(=O)OC2CCCCC2)Oc2ccccc2)O[C@@H](c2ccc3c(N)ncnn23)[C@H](OC(C)=O)[C@@H]1OC(C)=O. The van der Waals surface area contributed by atoms with Crippen molar-refractivity contribution in [3.8, 4) is 5.75 Å². The molecule has 3 heterocycles. The van der Waals surface area contributed by atoms with Gasteiger partial charge in [0, 0.05) is 27.1 Å². The number of ether oxygens (including phenoxy) is 4. The molecule has 1 aromatic carbocycles. The molecule has 2 aliphatic rings. The Labute approximate surface area is 283 Å². The highest BCUT2D eigenvalue weighted by atomic mass is 31.2. The summed E-state index contributed by atoms with van der Waals surface area (Å²) in [5.41, 5.74) is 5.07. The molecule has 0 spiro atoms. The first-order chi connectivity index (χ1) is 23.4. The lowest BCUT2D eigenvalue weighted by molar-refractivity contribution is -0.166. The number of anilines is 1. The van der Waals surface area contributed by atoms with Crippen LogP contribution in [0, 0.1) is 0 Å². The summed E-state index contributed by atoms with van der Waals surface area (Å²) in [7, 11) is -2.99. The summed E-state index contributed by atoms with van der Waals surface area (Å²) in [5, 5.41) is 6.97. The highest BCUT2D eigenvalue weighted by Crippen LogP contribution is 2.49. The number of nitrogen functional groups attached to an aromatic ring is 1. The summed E-state index contributed by atoms with van der Waals surface area (Å²) in [6, 6.07) is 10.4. The van der Waals surface area contributed by atoms with Crippen molar-refractivity contribution < 1.29 is 46.9 Å². The topological polar surface area (TPSA) is 204 Å². The molecular formula is C32H41N6O10P. The molecule has 6 atom stereocenters. The average molecular weight is 701 g/mol. The molecule has 17 heteroatoms. The second-order valence-electron chi connectivity index (χ2n) is 11.9. The molecule has 0 amide bonds. The molecule has 1 saturated carbocycles. The highest BCUT2D eigenvalue weighted by Gasteiger charge is 2.60. The molecular weight excluding hydrogens is 659 g/mol. The van der Waals surface area contributed by atoms with Gasteiger partial charge in [-0.15, -0.1) is 0 Å². The number of benzene rings is 1. The Bertz CT molecular complexity index is 1710. The molecule has 0 unspecified atom stereocenters. The van der Waals surface area contributed by atoms with E-state index >= 15 is 0 Å². The van der Waals surface area contributed by atoms with Crippen molar-refractivity contribution in [1.82, 2.24) is 19.7 Å².